The van der Waals surface area contributed by atoms with Gasteiger partial charge in [0.25, 0.3) is 0 Å². The summed E-state index contributed by atoms with van der Waals surface area (Å²) in [7, 11) is 1.62. The van der Waals surface area contributed by atoms with Crippen LogP contribution in [0.1, 0.15) is 5.82 Å². The van der Waals surface area contributed by atoms with Crippen LogP contribution in [-0.2, 0) is 6.54 Å². The minimum absolute atomic E-state index is 0.610. The molecule has 1 fully saturated rings. The Morgan fingerprint density at radius 3 is 2.84 bits per heavy atom. The van der Waals surface area contributed by atoms with Crippen molar-refractivity contribution in [2.75, 3.05) is 25.1 Å². The van der Waals surface area contributed by atoms with Crippen molar-refractivity contribution in [3.05, 3.63) is 30.6 Å². The van der Waals surface area contributed by atoms with Crippen molar-refractivity contribution in [1.82, 2.24) is 19.5 Å². The number of hydrogen-bond donors (Lipinski definition) is 0. The van der Waals surface area contributed by atoms with Crippen LogP contribution < -0.4 is 9.64 Å². The fraction of sp³-hybridized carbons (Fsp3) is 0.462. The molecule has 0 radical (unpaired) electrons. The zero-order valence-corrected chi connectivity index (χ0v) is 11.2. The van der Waals surface area contributed by atoms with Gasteiger partial charge in [0.15, 0.2) is 0 Å². The molecule has 0 amide bonds. The normalized spacial score (nSPS) is 15.4. The second kappa shape index (κ2) is 4.87. The molecule has 3 heterocycles. The van der Waals surface area contributed by atoms with Gasteiger partial charge in [-0.25, -0.2) is 15.0 Å². The van der Waals surface area contributed by atoms with E-state index in [1.165, 1.54) is 0 Å². The van der Waals surface area contributed by atoms with Crippen LogP contribution >= 0.6 is 0 Å². The second-order valence-corrected chi connectivity index (χ2v) is 4.82. The van der Waals surface area contributed by atoms with Crippen molar-refractivity contribution in [2.45, 2.75) is 13.5 Å². The fourth-order valence-corrected chi connectivity index (χ4v) is 2.36. The van der Waals surface area contributed by atoms with Crippen LogP contribution in [0.3, 0.4) is 0 Å². The molecule has 6 nitrogen and oxygen atoms in total. The lowest BCUT2D eigenvalue weighted by Gasteiger charge is -2.40. The maximum atomic E-state index is 5.11. The summed E-state index contributed by atoms with van der Waals surface area (Å²) in [5.41, 5.74) is 0. The summed E-state index contributed by atoms with van der Waals surface area (Å²) in [5, 5.41) is 0. The third kappa shape index (κ3) is 2.38. The zero-order chi connectivity index (χ0) is 13.2. The van der Waals surface area contributed by atoms with Gasteiger partial charge in [0, 0.05) is 44.0 Å². The summed E-state index contributed by atoms with van der Waals surface area (Å²) in [5.74, 6) is 3.26. The molecule has 1 aliphatic heterocycles. The molecular weight excluding hydrogens is 242 g/mol. The van der Waals surface area contributed by atoms with Gasteiger partial charge in [0.2, 0.25) is 5.88 Å². The van der Waals surface area contributed by atoms with E-state index in [0.29, 0.717) is 11.8 Å². The molecule has 1 saturated heterocycles. The van der Waals surface area contributed by atoms with E-state index in [0.717, 1.165) is 31.3 Å². The Labute approximate surface area is 112 Å². The molecule has 6 heteroatoms. The molecule has 100 valence electrons. The number of aryl methyl sites for hydroxylation is 1. The number of anilines is 1. The largest absolute Gasteiger partial charge is 0.481 e. The minimum atomic E-state index is 0.610. The Hall–Kier alpha value is -2.11. The van der Waals surface area contributed by atoms with Crippen molar-refractivity contribution in [3.63, 3.8) is 0 Å². The summed E-state index contributed by atoms with van der Waals surface area (Å²) in [6.45, 7) is 5.08. The Morgan fingerprint density at radius 2 is 2.16 bits per heavy atom. The molecule has 0 spiro atoms. The summed E-state index contributed by atoms with van der Waals surface area (Å²) in [4.78, 5) is 14.8. The Bertz CT molecular complexity index is 562. The van der Waals surface area contributed by atoms with Gasteiger partial charge in [0.05, 0.1) is 7.11 Å². The highest BCUT2D eigenvalue weighted by molar-refractivity contribution is 5.43. The quantitative estimate of drug-likeness (QED) is 0.823. The Balaban J connectivity index is 1.59. The summed E-state index contributed by atoms with van der Waals surface area (Å²) >= 11 is 0. The number of methoxy groups -OCH3 is 1. The van der Waals surface area contributed by atoms with E-state index in [1.807, 2.05) is 25.4 Å². The monoisotopic (exact) mass is 259 g/mol. The standard InChI is InChI=1S/C13H17N5O/c1-10-14-3-4-17(10)6-11-7-18(8-11)12-5-13(19-2)16-9-15-12/h3-5,9,11H,6-8H2,1-2H3. The molecule has 0 saturated carbocycles. The molecular formula is C13H17N5O. The average molecular weight is 259 g/mol. The summed E-state index contributed by atoms with van der Waals surface area (Å²) < 4.78 is 7.31. The third-order valence-electron chi connectivity index (χ3n) is 3.50. The maximum absolute atomic E-state index is 5.11. The SMILES string of the molecule is COc1cc(N2CC(Cn3ccnc3C)C2)ncn1. The van der Waals surface area contributed by atoms with Gasteiger partial charge in [-0.05, 0) is 6.92 Å². The predicted octanol–water partition coefficient (Wildman–Crippen LogP) is 1.13. The number of nitrogens with zero attached hydrogens (tertiary/aromatic N) is 5. The van der Waals surface area contributed by atoms with Gasteiger partial charge in [-0.1, -0.05) is 0 Å². The van der Waals surface area contributed by atoms with Crippen LogP contribution in [0.25, 0.3) is 0 Å². The molecule has 0 N–H and O–H groups in total. The topological polar surface area (TPSA) is 56.1 Å². The molecule has 0 atom stereocenters. The number of aromatic nitrogens is 4. The average Bonchev–Trinajstić information content (AvgIpc) is 2.79. The number of ether oxygens (including phenoxy) is 1. The first kappa shape index (κ1) is 12.0. The van der Waals surface area contributed by atoms with Crippen molar-refractivity contribution in [3.8, 4) is 5.88 Å². The first-order chi connectivity index (χ1) is 9.26. The fourth-order valence-electron chi connectivity index (χ4n) is 2.36. The van der Waals surface area contributed by atoms with E-state index < -0.39 is 0 Å². The van der Waals surface area contributed by atoms with Crippen molar-refractivity contribution in [2.24, 2.45) is 5.92 Å². The highest BCUT2D eigenvalue weighted by Crippen LogP contribution is 2.25. The Kier molecular flexibility index (Phi) is 3.06. The molecule has 0 bridgehead atoms. The van der Waals surface area contributed by atoms with E-state index in [2.05, 4.69) is 24.4 Å². The lowest BCUT2D eigenvalue weighted by molar-refractivity contribution is 0.350. The number of hydrogen-bond acceptors (Lipinski definition) is 5. The van der Waals surface area contributed by atoms with Gasteiger partial charge in [0.1, 0.15) is 18.0 Å². The lowest BCUT2D eigenvalue weighted by atomic mass is 10.00. The van der Waals surface area contributed by atoms with Gasteiger partial charge in [-0.15, -0.1) is 0 Å². The first-order valence-corrected chi connectivity index (χ1v) is 6.35. The second-order valence-electron chi connectivity index (χ2n) is 4.82. The van der Waals surface area contributed by atoms with E-state index in [-0.39, 0.29) is 0 Å². The van der Waals surface area contributed by atoms with Crippen LogP contribution in [0.15, 0.2) is 24.8 Å². The Morgan fingerprint density at radius 1 is 1.32 bits per heavy atom. The molecule has 0 aromatic carbocycles. The highest BCUT2D eigenvalue weighted by Gasteiger charge is 2.28. The minimum Gasteiger partial charge on any atom is -0.481 e. The van der Waals surface area contributed by atoms with Crippen LogP contribution in [0.2, 0.25) is 0 Å². The molecule has 0 aliphatic carbocycles. The lowest BCUT2D eigenvalue weighted by Crippen LogP contribution is -2.49. The van der Waals surface area contributed by atoms with Gasteiger partial charge in [-0.2, -0.15) is 0 Å². The van der Waals surface area contributed by atoms with Crippen LogP contribution in [0, 0.1) is 12.8 Å². The first-order valence-electron chi connectivity index (χ1n) is 6.35. The van der Waals surface area contributed by atoms with Crippen molar-refractivity contribution < 1.29 is 4.74 Å². The van der Waals surface area contributed by atoms with Gasteiger partial charge >= 0.3 is 0 Å². The molecule has 0 unspecified atom stereocenters. The van der Waals surface area contributed by atoms with Crippen LogP contribution in [-0.4, -0.2) is 39.7 Å². The number of imidazole rings is 1. The van der Waals surface area contributed by atoms with E-state index >= 15 is 0 Å². The smallest absolute Gasteiger partial charge is 0.218 e. The molecule has 2 aromatic heterocycles. The van der Waals surface area contributed by atoms with Crippen molar-refractivity contribution in [1.29, 1.82) is 0 Å². The summed E-state index contributed by atoms with van der Waals surface area (Å²) in [6.07, 6.45) is 5.42. The molecule has 2 aromatic rings. The molecule has 19 heavy (non-hydrogen) atoms. The van der Waals surface area contributed by atoms with Crippen LogP contribution in [0.4, 0.5) is 5.82 Å². The predicted molar refractivity (Wildman–Crippen MR) is 71.3 cm³/mol. The number of rotatable bonds is 4. The third-order valence-corrected chi connectivity index (χ3v) is 3.50. The van der Waals surface area contributed by atoms with E-state index in [4.69, 9.17) is 4.74 Å². The van der Waals surface area contributed by atoms with Gasteiger partial charge in [-0.3, -0.25) is 0 Å². The maximum Gasteiger partial charge on any atom is 0.218 e. The van der Waals surface area contributed by atoms with Crippen molar-refractivity contribution >= 4 is 5.82 Å². The highest BCUT2D eigenvalue weighted by atomic mass is 16.5. The van der Waals surface area contributed by atoms with Gasteiger partial charge < -0.3 is 14.2 Å². The molecule has 1 aliphatic rings. The molecule has 3 rings (SSSR count). The van der Waals surface area contributed by atoms with E-state index in [1.54, 1.807) is 13.4 Å². The van der Waals surface area contributed by atoms with Crippen LogP contribution in [0.5, 0.6) is 5.88 Å². The van der Waals surface area contributed by atoms with E-state index in [9.17, 15) is 0 Å². The summed E-state index contributed by atoms with van der Waals surface area (Å²) in [6, 6.07) is 1.87. The zero-order valence-electron chi connectivity index (χ0n) is 11.2.